The minimum Gasteiger partial charge on any atom is -0.339 e. The third-order valence-electron chi connectivity index (χ3n) is 6.55. The van der Waals surface area contributed by atoms with E-state index in [4.69, 9.17) is 5.26 Å². The maximum Gasteiger partial charge on any atom is 0.236 e. The first kappa shape index (κ1) is 19.2. The quantitative estimate of drug-likeness (QED) is 0.733. The lowest BCUT2D eigenvalue weighted by Gasteiger charge is -2.43. The zero-order valence-electron chi connectivity index (χ0n) is 17.1. The number of nitriles is 1. The van der Waals surface area contributed by atoms with Gasteiger partial charge in [0.2, 0.25) is 5.91 Å². The minimum absolute atomic E-state index is 0.233. The molecule has 1 amide bonds. The highest BCUT2D eigenvalue weighted by atomic mass is 16.2. The van der Waals surface area contributed by atoms with Gasteiger partial charge in [-0.15, -0.1) is 10.2 Å². The van der Waals surface area contributed by atoms with Crippen LogP contribution in [-0.4, -0.2) is 85.9 Å². The first-order valence-corrected chi connectivity index (χ1v) is 10.8. The summed E-state index contributed by atoms with van der Waals surface area (Å²) in [5.74, 6) is 0.826. The second-order valence-electron chi connectivity index (χ2n) is 8.40. The zero-order valence-corrected chi connectivity index (χ0v) is 17.1. The molecule has 2 aromatic rings. The molecule has 1 saturated carbocycles. The van der Waals surface area contributed by atoms with E-state index in [2.05, 4.69) is 25.1 Å². The fourth-order valence-electron chi connectivity index (χ4n) is 4.51. The van der Waals surface area contributed by atoms with E-state index in [1.165, 1.54) is 19.3 Å². The molecule has 1 aliphatic carbocycles. The van der Waals surface area contributed by atoms with Gasteiger partial charge in [0.15, 0.2) is 11.5 Å². The normalized spacial score (nSPS) is 20.4. The Morgan fingerprint density at radius 1 is 1.13 bits per heavy atom. The average Bonchev–Trinajstić information content (AvgIpc) is 3.16. The fourth-order valence-corrected chi connectivity index (χ4v) is 4.51. The van der Waals surface area contributed by atoms with Crippen LogP contribution >= 0.6 is 0 Å². The summed E-state index contributed by atoms with van der Waals surface area (Å²) in [6.07, 6.45) is 6.78. The van der Waals surface area contributed by atoms with E-state index in [-0.39, 0.29) is 11.6 Å². The predicted molar refractivity (Wildman–Crippen MR) is 109 cm³/mol. The second-order valence-corrected chi connectivity index (χ2v) is 8.40. The van der Waals surface area contributed by atoms with Gasteiger partial charge >= 0.3 is 0 Å². The van der Waals surface area contributed by atoms with Crippen molar-refractivity contribution in [2.24, 2.45) is 0 Å². The number of carbonyl (C=O) groups is 1. The molecule has 9 nitrogen and oxygen atoms in total. The van der Waals surface area contributed by atoms with Crippen molar-refractivity contribution in [3.8, 4) is 11.9 Å². The Morgan fingerprint density at radius 3 is 2.63 bits per heavy atom. The van der Waals surface area contributed by atoms with Crippen molar-refractivity contribution in [1.29, 1.82) is 5.26 Å². The Balaban J connectivity index is 1.17. The highest BCUT2D eigenvalue weighted by Crippen LogP contribution is 2.25. The molecular formula is C21H26N8O. The van der Waals surface area contributed by atoms with Crippen LogP contribution in [0.15, 0.2) is 18.3 Å². The molecule has 9 heteroatoms. The van der Waals surface area contributed by atoms with Crippen molar-refractivity contribution in [2.75, 3.05) is 39.3 Å². The number of aromatic nitrogens is 4. The van der Waals surface area contributed by atoms with Crippen LogP contribution in [0.1, 0.15) is 36.2 Å². The molecular weight excluding hydrogens is 380 g/mol. The van der Waals surface area contributed by atoms with Gasteiger partial charge < -0.3 is 4.90 Å². The largest absolute Gasteiger partial charge is 0.339 e. The Bertz CT molecular complexity index is 950. The Kier molecular flexibility index (Phi) is 5.19. The zero-order chi connectivity index (χ0) is 20.5. The van der Waals surface area contributed by atoms with Crippen LogP contribution in [-0.2, 0) is 17.8 Å². The van der Waals surface area contributed by atoms with Crippen LogP contribution in [0, 0.1) is 11.3 Å². The molecule has 30 heavy (non-hydrogen) atoms. The first-order valence-electron chi connectivity index (χ1n) is 10.8. The molecule has 2 aliphatic heterocycles. The molecule has 0 N–H and O–H groups in total. The molecule has 0 spiro atoms. The van der Waals surface area contributed by atoms with Crippen molar-refractivity contribution in [1.82, 2.24) is 34.7 Å². The van der Waals surface area contributed by atoms with E-state index in [0.29, 0.717) is 18.9 Å². The number of hydrogen-bond acceptors (Lipinski definition) is 7. The highest BCUT2D eigenvalue weighted by molar-refractivity contribution is 5.78. The molecule has 5 rings (SSSR count). The Morgan fingerprint density at radius 2 is 1.97 bits per heavy atom. The molecule has 2 aromatic heterocycles. The average molecular weight is 406 g/mol. The lowest BCUT2D eigenvalue weighted by atomic mass is 9.91. The van der Waals surface area contributed by atoms with Gasteiger partial charge in [-0.25, -0.2) is 4.68 Å². The van der Waals surface area contributed by atoms with Crippen molar-refractivity contribution in [2.45, 2.75) is 38.3 Å². The Hall–Kier alpha value is -2.83. The SMILES string of the molecule is N#Cc1ccc(-n2cc3c(n2)CCN(CC(=O)N2CCN(C4CCC4)CC2)C3)nn1. The summed E-state index contributed by atoms with van der Waals surface area (Å²) in [7, 11) is 0. The molecule has 0 aromatic carbocycles. The lowest BCUT2D eigenvalue weighted by molar-refractivity contribution is -0.135. The molecule has 1 saturated heterocycles. The van der Waals surface area contributed by atoms with E-state index < -0.39 is 0 Å². The van der Waals surface area contributed by atoms with Crippen LogP contribution < -0.4 is 0 Å². The van der Waals surface area contributed by atoms with Crippen LogP contribution in [0.25, 0.3) is 5.82 Å². The van der Waals surface area contributed by atoms with Gasteiger partial charge in [0.05, 0.1) is 12.2 Å². The fraction of sp³-hybridized carbons (Fsp3) is 0.571. The maximum atomic E-state index is 12.8. The lowest BCUT2D eigenvalue weighted by Crippen LogP contribution is -2.55. The highest BCUT2D eigenvalue weighted by Gasteiger charge is 2.30. The molecule has 4 heterocycles. The number of amides is 1. The summed E-state index contributed by atoms with van der Waals surface area (Å²) in [4.78, 5) is 19.6. The van der Waals surface area contributed by atoms with E-state index in [9.17, 15) is 4.79 Å². The standard InChI is InChI=1S/C21H26N8O/c22-12-17-4-5-20(24-23-17)29-14-16-13-26(7-6-19(16)25-29)15-21(30)28-10-8-27(9-11-28)18-2-1-3-18/h4-5,14,18H,1-3,6-11,13,15H2. The molecule has 0 bridgehead atoms. The van der Waals surface area contributed by atoms with Gasteiger partial charge in [-0.3, -0.25) is 14.6 Å². The molecule has 0 unspecified atom stereocenters. The summed E-state index contributed by atoms with van der Waals surface area (Å²) >= 11 is 0. The predicted octanol–water partition coefficient (Wildman–Crippen LogP) is 0.589. The third-order valence-corrected chi connectivity index (χ3v) is 6.55. The maximum absolute atomic E-state index is 12.8. The second kappa shape index (κ2) is 8.13. The van der Waals surface area contributed by atoms with Crippen molar-refractivity contribution < 1.29 is 4.79 Å². The van der Waals surface area contributed by atoms with Crippen LogP contribution in [0.2, 0.25) is 0 Å². The number of nitrogens with zero attached hydrogens (tertiary/aromatic N) is 8. The molecule has 0 atom stereocenters. The van der Waals surface area contributed by atoms with Gasteiger partial charge in [0, 0.05) is 63.5 Å². The molecule has 3 aliphatic rings. The molecule has 2 fully saturated rings. The van der Waals surface area contributed by atoms with E-state index in [0.717, 1.165) is 56.4 Å². The molecule has 156 valence electrons. The van der Waals surface area contributed by atoms with Gasteiger partial charge in [-0.2, -0.15) is 10.4 Å². The van der Waals surface area contributed by atoms with Gasteiger partial charge in [0.25, 0.3) is 0 Å². The summed E-state index contributed by atoms with van der Waals surface area (Å²) in [6.45, 7) is 5.74. The van der Waals surface area contributed by atoms with Gasteiger partial charge in [-0.05, 0) is 25.0 Å². The van der Waals surface area contributed by atoms with Crippen LogP contribution in [0.4, 0.5) is 0 Å². The van der Waals surface area contributed by atoms with Crippen molar-refractivity contribution in [3.63, 3.8) is 0 Å². The van der Waals surface area contributed by atoms with Gasteiger partial charge in [-0.1, -0.05) is 6.42 Å². The summed E-state index contributed by atoms with van der Waals surface area (Å²) in [5, 5.41) is 21.4. The smallest absolute Gasteiger partial charge is 0.236 e. The minimum atomic E-state index is 0.233. The van der Waals surface area contributed by atoms with E-state index in [1.54, 1.807) is 16.8 Å². The summed E-state index contributed by atoms with van der Waals surface area (Å²) < 4.78 is 1.71. The van der Waals surface area contributed by atoms with E-state index in [1.807, 2.05) is 17.2 Å². The van der Waals surface area contributed by atoms with Crippen molar-refractivity contribution in [3.05, 3.63) is 35.3 Å². The number of piperazine rings is 1. The third kappa shape index (κ3) is 3.80. The topological polar surface area (TPSA) is 94.2 Å². The number of hydrogen-bond donors (Lipinski definition) is 0. The van der Waals surface area contributed by atoms with Gasteiger partial charge in [0.1, 0.15) is 6.07 Å². The van der Waals surface area contributed by atoms with Crippen LogP contribution in [0.3, 0.4) is 0 Å². The number of fused-ring (bicyclic) bond motifs is 1. The number of carbonyl (C=O) groups excluding carboxylic acids is 1. The van der Waals surface area contributed by atoms with Crippen LogP contribution in [0.5, 0.6) is 0 Å². The number of rotatable bonds is 4. The molecule has 0 radical (unpaired) electrons. The first-order chi connectivity index (χ1) is 14.7. The Labute approximate surface area is 175 Å². The van der Waals surface area contributed by atoms with E-state index >= 15 is 0 Å². The monoisotopic (exact) mass is 406 g/mol. The summed E-state index contributed by atoms with van der Waals surface area (Å²) in [6, 6.07) is 6.12. The van der Waals surface area contributed by atoms with Crippen molar-refractivity contribution >= 4 is 5.91 Å². The summed E-state index contributed by atoms with van der Waals surface area (Å²) in [5.41, 5.74) is 2.45.